The molecule has 1 aliphatic rings. The maximum absolute atomic E-state index is 12.6. The lowest BCUT2D eigenvalue weighted by Gasteiger charge is -2.36. The molecule has 2 atom stereocenters. The molecule has 0 heterocycles. The third-order valence-corrected chi connectivity index (χ3v) is 4.69. The Morgan fingerprint density at radius 1 is 1.32 bits per heavy atom. The van der Waals surface area contributed by atoms with Crippen LogP contribution < -0.4 is 0 Å². The number of carboxylic acid groups (broad SMARTS) is 1. The third-order valence-electron chi connectivity index (χ3n) is 4.14. The topological polar surface area (TPSA) is 83.9 Å². The molecule has 0 aromatic rings. The molecule has 1 rings (SSSR count). The molecule has 0 bridgehead atoms. The van der Waals surface area contributed by atoms with E-state index in [-0.39, 0.29) is 30.7 Å². The Balaban J connectivity index is 2.94. The van der Waals surface area contributed by atoms with Crippen molar-refractivity contribution in [2.45, 2.75) is 57.5 Å². The second-order valence-electron chi connectivity index (χ2n) is 5.74. The minimum absolute atomic E-state index is 0.0147. The minimum atomic E-state index is -1.07. The number of carbonyl (C=O) groups excluding carboxylic acids is 2. The van der Waals surface area contributed by atoms with Crippen molar-refractivity contribution >= 4 is 30.5 Å². The smallest absolute Gasteiger partial charge is 0.326 e. The fraction of sp³-hybridized carbons (Fsp3) is 0.800. The van der Waals surface area contributed by atoms with Gasteiger partial charge in [0.1, 0.15) is 6.04 Å². The first-order chi connectivity index (χ1) is 10.4. The van der Waals surface area contributed by atoms with Crippen LogP contribution in [-0.2, 0) is 19.1 Å². The van der Waals surface area contributed by atoms with Gasteiger partial charge in [-0.1, -0.05) is 19.8 Å². The number of carboxylic acids is 1. The Bertz CT molecular complexity index is 409. The van der Waals surface area contributed by atoms with Gasteiger partial charge >= 0.3 is 11.9 Å². The largest absolute Gasteiger partial charge is 0.480 e. The maximum atomic E-state index is 12.6. The van der Waals surface area contributed by atoms with Crippen LogP contribution in [0.4, 0.5) is 0 Å². The zero-order valence-electron chi connectivity index (χ0n) is 13.2. The van der Waals surface area contributed by atoms with Crippen LogP contribution in [0.3, 0.4) is 0 Å². The number of aliphatic carboxylic acids is 1. The summed E-state index contributed by atoms with van der Waals surface area (Å²) in [6, 6.07) is -1.05. The summed E-state index contributed by atoms with van der Waals surface area (Å²) < 4.78 is 4.57. The highest BCUT2D eigenvalue weighted by Crippen LogP contribution is 2.28. The van der Waals surface area contributed by atoms with E-state index >= 15 is 0 Å². The van der Waals surface area contributed by atoms with E-state index in [4.69, 9.17) is 0 Å². The molecule has 126 valence electrons. The molecule has 1 aliphatic carbocycles. The zero-order chi connectivity index (χ0) is 16.7. The van der Waals surface area contributed by atoms with Gasteiger partial charge in [-0.25, -0.2) is 4.79 Å². The summed E-state index contributed by atoms with van der Waals surface area (Å²) in [5.74, 6) is -1.71. The van der Waals surface area contributed by atoms with Crippen LogP contribution >= 0.6 is 12.6 Å². The fourth-order valence-electron chi connectivity index (χ4n) is 2.84. The summed E-state index contributed by atoms with van der Waals surface area (Å²) >= 11 is 4.14. The molecule has 0 aromatic heterocycles. The number of hydrogen-bond acceptors (Lipinski definition) is 5. The third kappa shape index (κ3) is 4.90. The minimum Gasteiger partial charge on any atom is -0.480 e. The van der Waals surface area contributed by atoms with Crippen molar-refractivity contribution in [3.05, 3.63) is 0 Å². The molecule has 22 heavy (non-hydrogen) atoms. The van der Waals surface area contributed by atoms with E-state index in [1.54, 1.807) is 6.92 Å². The summed E-state index contributed by atoms with van der Waals surface area (Å²) in [6.45, 7) is 1.75. The van der Waals surface area contributed by atoms with Crippen molar-refractivity contribution in [1.29, 1.82) is 0 Å². The van der Waals surface area contributed by atoms with E-state index in [1.807, 2.05) is 0 Å². The molecule has 0 aliphatic heterocycles. The molecule has 1 saturated carbocycles. The van der Waals surface area contributed by atoms with Crippen LogP contribution in [0.1, 0.15) is 45.4 Å². The predicted molar refractivity (Wildman–Crippen MR) is 84.8 cm³/mol. The van der Waals surface area contributed by atoms with Gasteiger partial charge in [0.05, 0.1) is 7.11 Å². The second-order valence-corrected chi connectivity index (χ2v) is 6.10. The molecule has 7 heteroatoms. The standard InChI is InChI=1S/C15H25NO5S/c1-10(9-22)14(18)16(11-5-3-4-6-11)12(15(19)20)7-8-13(17)21-2/h10-12,22H,3-9H2,1-2H3,(H,19,20)/t10?,12-/m0/s1. The summed E-state index contributed by atoms with van der Waals surface area (Å²) in [4.78, 5) is 37.1. The predicted octanol–water partition coefficient (Wildman–Crippen LogP) is 1.73. The first-order valence-electron chi connectivity index (χ1n) is 7.65. The number of esters is 1. The molecule has 1 unspecified atom stereocenters. The number of rotatable bonds is 8. The fourth-order valence-corrected chi connectivity index (χ4v) is 3.00. The van der Waals surface area contributed by atoms with Gasteiger partial charge in [-0.05, 0) is 19.3 Å². The van der Waals surface area contributed by atoms with Gasteiger partial charge in [0, 0.05) is 24.1 Å². The molecule has 0 spiro atoms. The van der Waals surface area contributed by atoms with Crippen LogP contribution in [0, 0.1) is 5.92 Å². The summed E-state index contributed by atoms with van der Waals surface area (Å²) in [7, 11) is 1.26. The highest BCUT2D eigenvalue weighted by Gasteiger charge is 2.38. The van der Waals surface area contributed by atoms with Crippen molar-refractivity contribution in [3.8, 4) is 0 Å². The van der Waals surface area contributed by atoms with Crippen molar-refractivity contribution in [2.75, 3.05) is 12.9 Å². The van der Waals surface area contributed by atoms with E-state index in [0.717, 1.165) is 25.7 Å². The first-order valence-corrected chi connectivity index (χ1v) is 8.28. The number of hydrogen-bond donors (Lipinski definition) is 2. The molecule has 1 N–H and O–H groups in total. The Kier molecular flexibility index (Phi) is 7.72. The molecule has 1 fully saturated rings. The molecular formula is C15H25NO5S. The Morgan fingerprint density at radius 2 is 1.91 bits per heavy atom. The molecule has 0 aromatic carbocycles. The molecule has 1 amide bonds. The highest BCUT2D eigenvalue weighted by atomic mass is 32.1. The first kappa shape index (κ1) is 18.8. The average molecular weight is 331 g/mol. The quantitative estimate of drug-likeness (QED) is 0.523. The van der Waals surface area contributed by atoms with Crippen molar-refractivity contribution < 1.29 is 24.2 Å². The molecule has 6 nitrogen and oxygen atoms in total. The second kappa shape index (κ2) is 9.02. The van der Waals surface area contributed by atoms with Crippen LogP contribution in [-0.4, -0.2) is 52.8 Å². The van der Waals surface area contributed by atoms with Gasteiger partial charge in [0.25, 0.3) is 0 Å². The van der Waals surface area contributed by atoms with Crippen LogP contribution in [0.5, 0.6) is 0 Å². The number of ether oxygens (including phenoxy) is 1. The number of carbonyl (C=O) groups is 3. The SMILES string of the molecule is COC(=O)CC[C@@H](C(=O)O)N(C(=O)C(C)CS)C1CCCC1. The van der Waals surface area contributed by atoms with Gasteiger partial charge < -0.3 is 14.7 Å². The van der Waals surface area contributed by atoms with Crippen molar-refractivity contribution in [3.63, 3.8) is 0 Å². The average Bonchev–Trinajstić information content (AvgIpc) is 3.02. The molecule has 0 radical (unpaired) electrons. The van der Waals surface area contributed by atoms with Gasteiger partial charge in [-0.3, -0.25) is 9.59 Å². The molecule has 0 saturated heterocycles. The van der Waals surface area contributed by atoms with Gasteiger partial charge in [0.15, 0.2) is 0 Å². The summed E-state index contributed by atoms with van der Waals surface area (Å²) in [6.07, 6.45) is 3.67. The van der Waals surface area contributed by atoms with Crippen LogP contribution in [0.25, 0.3) is 0 Å². The van der Waals surface area contributed by atoms with Gasteiger partial charge in [-0.15, -0.1) is 0 Å². The normalized spacial score (nSPS) is 17.8. The van der Waals surface area contributed by atoms with Crippen molar-refractivity contribution in [2.24, 2.45) is 5.92 Å². The molecular weight excluding hydrogens is 306 g/mol. The van der Waals surface area contributed by atoms with E-state index in [2.05, 4.69) is 17.4 Å². The number of thiol groups is 1. The van der Waals surface area contributed by atoms with E-state index in [0.29, 0.717) is 5.75 Å². The Hall–Kier alpha value is -1.24. The van der Waals surface area contributed by atoms with Crippen LogP contribution in [0.2, 0.25) is 0 Å². The van der Waals surface area contributed by atoms with E-state index < -0.39 is 18.0 Å². The lowest BCUT2D eigenvalue weighted by molar-refractivity contribution is -0.155. The summed E-state index contributed by atoms with van der Waals surface area (Å²) in [5.41, 5.74) is 0. The lowest BCUT2D eigenvalue weighted by atomic mass is 10.0. The van der Waals surface area contributed by atoms with Gasteiger partial charge in [-0.2, -0.15) is 12.6 Å². The van der Waals surface area contributed by atoms with Crippen molar-refractivity contribution in [1.82, 2.24) is 4.90 Å². The lowest BCUT2D eigenvalue weighted by Crippen LogP contribution is -2.52. The van der Waals surface area contributed by atoms with E-state index in [9.17, 15) is 19.5 Å². The van der Waals surface area contributed by atoms with E-state index in [1.165, 1.54) is 12.0 Å². The summed E-state index contributed by atoms with van der Waals surface area (Å²) in [5, 5.41) is 9.53. The Labute approximate surface area is 136 Å². The maximum Gasteiger partial charge on any atom is 0.326 e. The number of amides is 1. The van der Waals surface area contributed by atoms with Gasteiger partial charge in [0.2, 0.25) is 5.91 Å². The Morgan fingerprint density at radius 3 is 2.36 bits per heavy atom. The monoisotopic (exact) mass is 331 g/mol. The number of methoxy groups -OCH3 is 1. The number of nitrogens with zero attached hydrogens (tertiary/aromatic N) is 1. The highest BCUT2D eigenvalue weighted by molar-refractivity contribution is 7.80. The zero-order valence-corrected chi connectivity index (χ0v) is 14.1. The van der Waals surface area contributed by atoms with Crippen LogP contribution in [0.15, 0.2) is 0 Å².